The molecule has 0 radical (unpaired) electrons. The summed E-state index contributed by atoms with van der Waals surface area (Å²) in [6.45, 7) is 5.52. The van der Waals surface area contributed by atoms with Gasteiger partial charge in [-0.1, -0.05) is 12.8 Å². The molecule has 0 amide bonds. The van der Waals surface area contributed by atoms with Crippen molar-refractivity contribution >= 4 is 29.9 Å². The lowest BCUT2D eigenvalue weighted by Gasteiger charge is -2.29. The lowest BCUT2D eigenvalue weighted by molar-refractivity contribution is 0.214. The Labute approximate surface area is 134 Å². The number of rotatable bonds is 2. The van der Waals surface area contributed by atoms with Gasteiger partial charge in [0.25, 0.3) is 0 Å². The van der Waals surface area contributed by atoms with E-state index in [1.165, 1.54) is 51.6 Å². The molecule has 2 N–H and O–H groups in total. The molecule has 0 saturated carbocycles. The fraction of sp³-hybridized carbons (Fsp3) is 0.929. The quantitative estimate of drug-likeness (QED) is 0.454. The maximum atomic E-state index is 6.13. The third-order valence-electron chi connectivity index (χ3n) is 4.16. The minimum absolute atomic E-state index is 0. The summed E-state index contributed by atoms with van der Waals surface area (Å²) in [7, 11) is 2.20. The number of likely N-dealkylation sites (tertiary alicyclic amines) is 2. The zero-order valence-electron chi connectivity index (χ0n) is 12.2. The molecule has 0 bridgehead atoms. The first-order valence-electron chi connectivity index (χ1n) is 7.49. The highest BCUT2D eigenvalue weighted by atomic mass is 127. The van der Waals surface area contributed by atoms with Crippen LogP contribution in [0.1, 0.15) is 38.5 Å². The molecule has 0 aromatic carbocycles. The van der Waals surface area contributed by atoms with Crippen molar-refractivity contribution in [3.05, 3.63) is 0 Å². The van der Waals surface area contributed by atoms with Gasteiger partial charge < -0.3 is 15.5 Å². The molecule has 2 heterocycles. The van der Waals surface area contributed by atoms with Crippen molar-refractivity contribution in [2.45, 2.75) is 38.5 Å². The number of halogens is 1. The van der Waals surface area contributed by atoms with Gasteiger partial charge in [0.05, 0.1) is 0 Å². The van der Waals surface area contributed by atoms with Crippen LogP contribution in [0.15, 0.2) is 4.99 Å². The molecule has 112 valence electrons. The molecule has 1 unspecified atom stereocenters. The van der Waals surface area contributed by atoms with Gasteiger partial charge in [-0.3, -0.25) is 4.99 Å². The van der Waals surface area contributed by atoms with Crippen molar-refractivity contribution in [2.75, 3.05) is 39.8 Å². The van der Waals surface area contributed by atoms with Crippen molar-refractivity contribution in [3.8, 4) is 0 Å². The number of aliphatic imine (C=N–C) groups is 1. The number of piperidine rings is 1. The summed E-state index contributed by atoms with van der Waals surface area (Å²) in [6.07, 6.45) is 7.83. The molecule has 0 aromatic heterocycles. The van der Waals surface area contributed by atoms with E-state index in [2.05, 4.69) is 21.8 Å². The van der Waals surface area contributed by atoms with E-state index in [-0.39, 0.29) is 24.0 Å². The Balaban J connectivity index is 0.00000180. The molecule has 5 heteroatoms. The van der Waals surface area contributed by atoms with E-state index in [4.69, 9.17) is 5.73 Å². The molecule has 0 aromatic rings. The van der Waals surface area contributed by atoms with Crippen molar-refractivity contribution in [1.29, 1.82) is 0 Å². The van der Waals surface area contributed by atoms with Gasteiger partial charge in [-0.15, -0.1) is 24.0 Å². The Morgan fingerprint density at radius 3 is 2.42 bits per heavy atom. The first-order valence-corrected chi connectivity index (χ1v) is 7.49. The molecule has 2 fully saturated rings. The molecule has 2 saturated heterocycles. The SMILES string of the molecule is CN1CCCC(CN=C(N)N2CCCCCC2)C1.I. The van der Waals surface area contributed by atoms with Crippen LogP contribution in [0.2, 0.25) is 0 Å². The van der Waals surface area contributed by atoms with Crippen LogP contribution < -0.4 is 5.73 Å². The maximum Gasteiger partial charge on any atom is 0.191 e. The summed E-state index contributed by atoms with van der Waals surface area (Å²) in [5.74, 6) is 1.49. The lowest BCUT2D eigenvalue weighted by Crippen LogP contribution is -2.39. The highest BCUT2D eigenvalue weighted by Crippen LogP contribution is 2.15. The molecule has 0 aliphatic carbocycles. The molecule has 19 heavy (non-hydrogen) atoms. The summed E-state index contributed by atoms with van der Waals surface area (Å²) in [5, 5.41) is 0. The van der Waals surface area contributed by atoms with Gasteiger partial charge in [0, 0.05) is 26.2 Å². The van der Waals surface area contributed by atoms with E-state index in [0.717, 1.165) is 25.6 Å². The van der Waals surface area contributed by atoms with Gasteiger partial charge in [-0.25, -0.2) is 0 Å². The molecular weight excluding hydrogens is 351 g/mol. The van der Waals surface area contributed by atoms with Gasteiger partial charge >= 0.3 is 0 Å². The van der Waals surface area contributed by atoms with Crippen LogP contribution >= 0.6 is 24.0 Å². The van der Waals surface area contributed by atoms with Gasteiger partial charge in [0.1, 0.15) is 0 Å². The summed E-state index contributed by atoms with van der Waals surface area (Å²) in [4.78, 5) is 9.33. The van der Waals surface area contributed by atoms with Crippen LogP contribution in [-0.4, -0.2) is 55.5 Å². The third kappa shape index (κ3) is 5.85. The Morgan fingerprint density at radius 2 is 1.79 bits per heavy atom. The van der Waals surface area contributed by atoms with Gasteiger partial charge in [0.15, 0.2) is 5.96 Å². The predicted molar refractivity (Wildman–Crippen MR) is 92.2 cm³/mol. The highest BCUT2D eigenvalue weighted by molar-refractivity contribution is 14.0. The first kappa shape index (κ1) is 17.0. The third-order valence-corrected chi connectivity index (χ3v) is 4.16. The maximum absolute atomic E-state index is 6.13. The summed E-state index contributed by atoms with van der Waals surface area (Å²) in [6, 6.07) is 0. The van der Waals surface area contributed by atoms with Crippen molar-refractivity contribution < 1.29 is 0 Å². The van der Waals surface area contributed by atoms with Crippen LogP contribution in [0.3, 0.4) is 0 Å². The van der Waals surface area contributed by atoms with E-state index in [0.29, 0.717) is 5.92 Å². The smallest absolute Gasteiger partial charge is 0.191 e. The topological polar surface area (TPSA) is 44.9 Å². The molecule has 2 rings (SSSR count). The number of nitrogens with two attached hydrogens (primary N) is 1. The van der Waals surface area contributed by atoms with Crippen LogP contribution in [0.25, 0.3) is 0 Å². The monoisotopic (exact) mass is 380 g/mol. The lowest BCUT2D eigenvalue weighted by atomic mass is 9.99. The highest BCUT2D eigenvalue weighted by Gasteiger charge is 2.17. The van der Waals surface area contributed by atoms with Crippen LogP contribution in [0, 0.1) is 5.92 Å². The summed E-state index contributed by atoms with van der Waals surface area (Å²) >= 11 is 0. The number of guanidine groups is 1. The van der Waals surface area contributed by atoms with Crippen molar-refractivity contribution in [2.24, 2.45) is 16.6 Å². The first-order chi connectivity index (χ1) is 8.75. The second-order valence-electron chi connectivity index (χ2n) is 5.87. The van der Waals surface area contributed by atoms with E-state index in [1.807, 2.05) is 0 Å². The van der Waals surface area contributed by atoms with Crippen molar-refractivity contribution in [1.82, 2.24) is 9.80 Å². The average Bonchev–Trinajstić information content (AvgIpc) is 2.65. The fourth-order valence-electron chi connectivity index (χ4n) is 3.04. The Morgan fingerprint density at radius 1 is 1.11 bits per heavy atom. The van der Waals surface area contributed by atoms with E-state index in [9.17, 15) is 0 Å². The Kier molecular flexibility index (Phi) is 8.06. The standard InChI is InChI=1S/C14H28N4.HI/c1-17-8-6-7-13(12-17)11-16-14(15)18-9-4-2-3-5-10-18;/h13H,2-12H2,1H3,(H2,15,16);1H. The molecule has 2 aliphatic rings. The zero-order valence-corrected chi connectivity index (χ0v) is 14.5. The fourth-order valence-corrected chi connectivity index (χ4v) is 3.04. The van der Waals surface area contributed by atoms with Gasteiger partial charge in [-0.2, -0.15) is 0 Å². The second kappa shape index (κ2) is 9.00. The van der Waals surface area contributed by atoms with E-state index in [1.54, 1.807) is 0 Å². The summed E-state index contributed by atoms with van der Waals surface area (Å²) < 4.78 is 0. The minimum atomic E-state index is 0. The molecule has 4 nitrogen and oxygen atoms in total. The average molecular weight is 380 g/mol. The van der Waals surface area contributed by atoms with Crippen LogP contribution in [-0.2, 0) is 0 Å². The van der Waals surface area contributed by atoms with Crippen molar-refractivity contribution in [3.63, 3.8) is 0 Å². The van der Waals surface area contributed by atoms with Gasteiger partial charge in [0.2, 0.25) is 0 Å². The molecule has 0 spiro atoms. The van der Waals surface area contributed by atoms with Crippen LogP contribution in [0.4, 0.5) is 0 Å². The second-order valence-corrected chi connectivity index (χ2v) is 5.87. The van der Waals surface area contributed by atoms with E-state index >= 15 is 0 Å². The van der Waals surface area contributed by atoms with E-state index < -0.39 is 0 Å². The largest absolute Gasteiger partial charge is 0.370 e. The summed E-state index contributed by atoms with van der Waals surface area (Å²) in [5.41, 5.74) is 6.13. The van der Waals surface area contributed by atoms with Gasteiger partial charge in [-0.05, 0) is 45.2 Å². The molecule has 2 aliphatic heterocycles. The molecular formula is C14H29IN4. The Bertz CT molecular complexity index is 275. The minimum Gasteiger partial charge on any atom is -0.370 e. The number of nitrogens with zero attached hydrogens (tertiary/aromatic N) is 3. The van der Waals surface area contributed by atoms with Crippen LogP contribution in [0.5, 0.6) is 0 Å². The zero-order chi connectivity index (χ0) is 12.8. The number of hydrogen-bond donors (Lipinski definition) is 1. The predicted octanol–water partition coefficient (Wildman–Crippen LogP) is 2.14. The normalized spacial score (nSPS) is 26.7. The Hall–Kier alpha value is -0.0400. The number of hydrogen-bond acceptors (Lipinski definition) is 2. The molecule has 1 atom stereocenters.